The third-order valence-electron chi connectivity index (χ3n) is 7.32. The van der Waals surface area contributed by atoms with Gasteiger partial charge in [0.15, 0.2) is 0 Å². The second-order valence-electron chi connectivity index (χ2n) is 11.2. The zero-order chi connectivity index (χ0) is 23.6. The summed E-state index contributed by atoms with van der Waals surface area (Å²) in [7, 11) is -1.13. The van der Waals surface area contributed by atoms with Crippen LogP contribution in [0.15, 0.2) is 37.1 Å². The summed E-state index contributed by atoms with van der Waals surface area (Å²) in [5.41, 5.74) is 4.49. The van der Waals surface area contributed by atoms with E-state index in [0.29, 0.717) is 6.73 Å². The molecule has 3 aromatic heterocycles. The molecule has 1 atom stereocenters. The lowest BCUT2D eigenvalue weighted by Gasteiger charge is -2.47. The molecule has 8 heteroatoms. The first kappa shape index (κ1) is 23.4. The molecule has 2 fully saturated rings. The Morgan fingerprint density at radius 2 is 1.97 bits per heavy atom. The van der Waals surface area contributed by atoms with E-state index in [-0.39, 0.29) is 5.54 Å². The topological polar surface area (TPSA) is 68.1 Å². The van der Waals surface area contributed by atoms with Crippen LogP contribution in [0.2, 0.25) is 25.7 Å². The largest absolute Gasteiger partial charge is 0.369 e. The molecule has 0 saturated carbocycles. The maximum atomic E-state index is 6.13. The fraction of sp³-hybridized carbons (Fsp3) is 0.577. The third-order valence-corrected chi connectivity index (χ3v) is 9.02. The molecule has 3 aromatic rings. The normalized spacial score (nSPS) is 21.4. The fourth-order valence-corrected chi connectivity index (χ4v) is 6.22. The van der Waals surface area contributed by atoms with Crippen molar-refractivity contribution in [3.63, 3.8) is 0 Å². The van der Waals surface area contributed by atoms with Gasteiger partial charge in [0.05, 0.1) is 16.8 Å². The molecule has 34 heavy (non-hydrogen) atoms. The van der Waals surface area contributed by atoms with Gasteiger partial charge in [0.1, 0.15) is 18.7 Å². The molecule has 0 aromatic carbocycles. The number of nitrogens with one attached hydrogen (secondary N) is 1. The van der Waals surface area contributed by atoms with Crippen LogP contribution < -0.4 is 10.2 Å². The van der Waals surface area contributed by atoms with Gasteiger partial charge in [0, 0.05) is 57.5 Å². The number of hydrogen-bond acceptors (Lipinski definition) is 6. The molecule has 7 nitrogen and oxygen atoms in total. The minimum atomic E-state index is -1.13. The molecule has 0 radical (unpaired) electrons. The molecular formula is C26H38N6OSi. The van der Waals surface area contributed by atoms with Crippen LogP contribution in [0, 0.1) is 0 Å². The van der Waals surface area contributed by atoms with Crippen LogP contribution in [0.4, 0.5) is 5.69 Å². The average molecular weight is 479 g/mol. The predicted octanol–water partition coefficient (Wildman–Crippen LogP) is 4.92. The lowest BCUT2D eigenvalue weighted by molar-refractivity contribution is 0.0899. The van der Waals surface area contributed by atoms with Crippen molar-refractivity contribution in [2.45, 2.75) is 70.1 Å². The molecule has 0 amide bonds. The molecule has 1 N–H and O–H groups in total. The van der Waals surface area contributed by atoms with Crippen LogP contribution in [0.5, 0.6) is 0 Å². The number of hydrogen-bond donors (Lipinski definition) is 1. The number of anilines is 1. The number of fused-ring (bicyclic) bond motifs is 1. The zero-order valence-electron chi connectivity index (χ0n) is 20.9. The Kier molecular flexibility index (Phi) is 6.73. The van der Waals surface area contributed by atoms with E-state index >= 15 is 0 Å². The van der Waals surface area contributed by atoms with E-state index in [1.54, 1.807) is 6.33 Å². The Labute approximate surface area is 204 Å². The van der Waals surface area contributed by atoms with Gasteiger partial charge >= 0.3 is 0 Å². The summed E-state index contributed by atoms with van der Waals surface area (Å²) in [5.74, 6) is 0. The fourth-order valence-electron chi connectivity index (χ4n) is 5.46. The number of ether oxygens (including phenoxy) is 1. The van der Waals surface area contributed by atoms with Gasteiger partial charge in [0.25, 0.3) is 0 Å². The van der Waals surface area contributed by atoms with Crippen molar-refractivity contribution >= 4 is 24.8 Å². The standard InChI is InChI=1S/C26H38N6OSi/c1-34(2,3)16-15-33-20-32-17-21(22-7-12-27-19-29-22)24-23(8-13-28-25(24)32)31-14-6-10-26(18-31)9-4-5-11-30-26/h7-8,12-13,17,19,30H,4-6,9-11,14-16,18,20H2,1-3H3. The van der Waals surface area contributed by atoms with Crippen molar-refractivity contribution in [3.8, 4) is 11.3 Å². The minimum Gasteiger partial charge on any atom is -0.369 e. The summed E-state index contributed by atoms with van der Waals surface area (Å²) in [4.78, 5) is 16.1. The SMILES string of the molecule is C[Si](C)(C)CCOCn1cc(-c2ccncn2)c2c(N3CCCC4(CCCCN4)C3)ccnc21. The summed E-state index contributed by atoms with van der Waals surface area (Å²) in [5, 5.41) is 5.05. The average Bonchev–Trinajstić information content (AvgIpc) is 3.21. The molecule has 1 spiro atoms. The lowest BCUT2D eigenvalue weighted by atomic mass is 9.81. The molecule has 0 aliphatic carbocycles. The van der Waals surface area contributed by atoms with Crippen molar-refractivity contribution < 1.29 is 4.74 Å². The van der Waals surface area contributed by atoms with Crippen LogP contribution in [0.3, 0.4) is 0 Å². The highest BCUT2D eigenvalue weighted by molar-refractivity contribution is 6.76. The molecular weight excluding hydrogens is 440 g/mol. The van der Waals surface area contributed by atoms with E-state index in [9.17, 15) is 0 Å². The molecule has 0 bridgehead atoms. The maximum absolute atomic E-state index is 6.13. The summed E-state index contributed by atoms with van der Waals surface area (Å²) in [6.45, 7) is 11.7. The third kappa shape index (κ3) is 5.04. The quantitative estimate of drug-likeness (QED) is 0.384. The highest BCUT2D eigenvalue weighted by Crippen LogP contribution is 2.39. The first-order chi connectivity index (χ1) is 16.4. The molecule has 2 aliphatic rings. The van der Waals surface area contributed by atoms with E-state index in [2.05, 4.69) is 56.7 Å². The highest BCUT2D eigenvalue weighted by atomic mass is 28.3. The second kappa shape index (κ2) is 9.75. The van der Waals surface area contributed by atoms with Gasteiger partial charge in [-0.25, -0.2) is 15.0 Å². The molecule has 2 saturated heterocycles. The predicted molar refractivity (Wildman–Crippen MR) is 141 cm³/mol. The first-order valence-electron chi connectivity index (χ1n) is 12.8. The van der Waals surface area contributed by atoms with E-state index in [1.807, 2.05) is 18.5 Å². The molecule has 182 valence electrons. The van der Waals surface area contributed by atoms with Gasteiger partial charge in [-0.1, -0.05) is 26.1 Å². The Bertz CT molecular complexity index is 1100. The van der Waals surface area contributed by atoms with Gasteiger partial charge in [-0.2, -0.15) is 0 Å². The van der Waals surface area contributed by atoms with Crippen LogP contribution in [-0.2, 0) is 11.5 Å². The number of aromatic nitrogens is 4. The summed E-state index contributed by atoms with van der Waals surface area (Å²) in [6, 6.07) is 5.33. The number of pyridine rings is 1. The van der Waals surface area contributed by atoms with Crippen LogP contribution in [-0.4, -0.2) is 59.4 Å². The van der Waals surface area contributed by atoms with Crippen molar-refractivity contribution in [2.75, 3.05) is 31.1 Å². The summed E-state index contributed by atoms with van der Waals surface area (Å²) in [6.07, 6.45) is 13.9. The Morgan fingerprint density at radius 1 is 1.09 bits per heavy atom. The van der Waals surface area contributed by atoms with Crippen LogP contribution in [0.1, 0.15) is 32.1 Å². The first-order valence-corrected chi connectivity index (χ1v) is 16.5. The Morgan fingerprint density at radius 3 is 2.74 bits per heavy atom. The van der Waals surface area contributed by atoms with Crippen molar-refractivity contribution in [3.05, 3.63) is 37.1 Å². The van der Waals surface area contributed by atoms with Crippen LogP contribution in [0.25, 0.3) is 22.3 Å². The van der Waals surface area contributed by atoms with Crippen molar-refractivity contribution in [1.29, 1.82) is 0 Å². The molecule has 1 unspecified atom stereocenters. The molecule has 2 aliphatic heterocycles. The summed E-state index contributed by atoms with van der Waals surface area (Å²) >= 11 is 0. The second-order valence-corrected chi connectivity index (χ2v) is 16.8. The minimum absolute atomic E-state index is 0.240. The Balaban J connectivity index is 1.50. The Hall–Kier alpha value is -2.29. The van der Waals surface area contributed by atoms with Gasteiger partial charge in [0.2, 0.25) is 0 Å². The van der Waals surface area contributed by atoms with Gasteiger partial charge in [-0.3, -0.25) is 0 Å². The maximum Gasteiger partial charge on any atom is 0.144 e. The monoisotopic (exact) mass is 478 g/mol. The van der Waals surface area contributed by atoms with E-state index in [1.165, 1.54) is 43.2 Å². The smallest absolute Gasteiger partial charge is 0.144 e. The van der Waals surface area contributed by atoms with Crippen molar-refractivity contribution in [2.24, 2.45) is 0 Å². The lowest BCUT2D eigenvalue weighted by Crippen LogP contribution is -2.59. The summed E-state index contributed by atoms with van der Waals surface area (Å²) < 4.78 is 8.28. The van der Waals surface area contributed by atoms with E-state index in [0.717, 1.165) is 49.2 Å². The van der Waals surface area contributed by atoms with E-state index < -0.39 is 8.07 Å². The number of rotatable bonds is 7. The molecule has 5 rings (SSSR count). The highest BCUT2D eigenvalue weighted by Gasteiger charge is 2.37. The number of piperidine rings is 2. The van der Waals surface area contributed by atoms with E-state index in [4.69, 9.17) is 9.72 Å². The van der Waals surface area contributed by atoms with Crippen LogP contribution >= 0.6 is 0 Å². The van der Waals surface area contributed by atoms with Gasteiger partial charge in [-0.05, 0) is 50.4 Å². The zero-order valence-corrected chi connectivity index (χ0v) is 21.9. The van der Waals surface area contributed by atoms with Crippen molar-refractivity contribution in [1.82, 2.24) is 24.8 Å². The number of nitrogens with zero attached hydrogens (tertiary/aromatic N) is 5. The van der Waals surface area contributed by atoms with Gasteiger partial charge < -0.3 is 19.5 Å². The molecule has 5 heterocycles. The van der Waals surface area contributed by atoms with Gasteiger partial charge in [-0.15, -0.1) is 0 Å².